The highest BCUT2D eigenvalue weighted by Crippen LogP contribution is 2.30. The first-order valence-electron chi connectivity index (χ1n) is 8.77. The molecule has 0 aromatic heterocycles. The minimum Gasteiger partial charge on any atom is -0.356 e. The van der Waals surface area contributed by atoms with E-state index in [0.717, 1.165) is 0 Å². The van der Waals surface area contributed by atoms with E-state index >= 15 is 0 Å². The molecule has 0 atom stereocenters. The van der Waals surface area contributed by atoms with Gasteiger partial charge in [0, 0.05) is 45.7 Å². The van der Waals surface area contributed by atoms with E-state index in [2.05, 4.69) is 20.9 Å². The van der Waals surface area contributed by atoms with Crippen LogP contribution in [0.1, 0.15) is 26.7 Å². The Bertz CT molecular complexity index is 615. The summed E-state index contributed by atoms with van der Waals surface area (Å²) >= 11 is 0. The maximum Gasteiger partial charge on any atom is 0.511 e. The number of piperidine rings is 1. The number of alkyl halides is 3. The van der Waals surface area contributed by atoms with E-state index in [1.165, 1.54) is 0 Å². The van der Waals surface area contributed by atoms with Crippen molar-refractivity contribution >= 4 is 21.9 Å². The molecule has 1 aliphatic heterocycles. The third-order valence-corrected chi connectivity index (χ3v) is 5.86. The summed E-state index contributed by atoms with van der Waals surface area (Å²) in [6.45, 7) is 4.68. The predicted molar refractivity (Wildman–Crippen MR) is 96.5 cm³/mol. The van der Waals surface area contributed by atoms with E-state index in [1.54, 1.807) is 20.9 Å². The zero-order chi connectivity index (χ0) is 20.7. The Morgan fingerprint density at radius 3 is 2.19 bits per heavy atom. The van der Waals surface area contributed by atoms with Crippen molar-refractivity contribution in [1.29, 1.82) is 0 Å². The number of hydrogen-bond donors (Lipinski definition) is 3. The first-order valence-corrected chi connectivity index (χ1v) is 10.2. The largest absolute Gasteiger partial charge is 0.511 e. The summed E-state index contributed by atoms with van der Waals surface area (Å²) < 4.78 is 61.0. The average Bonchev–Trinajstić information content (AvgIpc) is 2.60. The van der Waals surface area contributed by atoms with Crippen molar-refractivity contribution in [2.75, 3.05) is 39.8 Å². The fraction of sp³-hybridized carbons (Fsp3) is 0.867. The Morgan fingerprint density at radius 2 is 1.70 bits per heavy atom. The quantitative estimate of drug-likeness (QED) is 0.319. The molecule has 0 spiro atoms. The van der Waals surface area contributed by atoms with Gasteiger partial charge in [-0.2, -0.15) is 17.5 Å². The molecular weight excluding hydrogens is 387 g/mol. The lowest BCUT2D eigenvalue weighted by Gasteiger charge is -2.31. The number of nitrogens with one attached hydrogen (secondary N) is 3. The van der Waals surface area contributed by atoms with E-state index in [9.17, 15) is 26.4 Å². The molecule has 1 saturated heterocycles. The number of hydrogen-bond acceptors (Lipinski definition) is 4. The lowest BCUT2D eigenvalue weighted by Crippen LogP contribution is -2.47. The number of nitrogens with zero attached hydrogens (tertiary/aromatic N) is 2. The maximum atomic E-state index is 12.6. The molecular formula is C15H28F3N5O3S. The van der Waals surface area contributed by atoms with Gasteiger partial charge in [-0.05, 0) is 18.8 Å². The van der Waals surface area contributed by atoms with Crippen molar-refractivity contribution in [3.8, 4) is 0 Å². The van der Waals surface area contributed by atoms with Gasteiger partial charge in [-0.15, -0.1) is 0 Å². The van der Waals surface area contributed by atoms with Gasteiger partial charge in [-0.1, -0.05) is 13.8 Å². The van der Waals surface area contributed by atoms with Crippen molar-refractivity contribution in [3.63, 3.8) is 0 Å². The molecule has 8 nitrogen and oxygen atoms in total. The molecule has 1 heterocycles. The van der Waals surface area contributed by atoms with Crippen molar-refractivity contribution in [2.45, 2.75) is 32.2 Å². The van der Waals surface area contributed by atoms with Crippen molar-refractivity contribution in [3.05, 3.63) is 0 Å². The second-order valence-corrected chi connectivity index (χ2v) is 8.55. The lowest BCUT2D eigenvalue weighted by atomic mass is 9.98. The Morgan fingerprint density at radius 1 is 1.15 bits per heavy atom. The van der Waals surface area contributed by atoms with Crippen LogP contribution in [-0.2, 0) is 14.8 Å². The average molecular weight is 415 g/mol. The van der Waals surface area contributed by atoms with Crippen LogP contribution in [0.15, 0.2) is 4.99 Å². The molecule has 0 unspecified atom stereocenters. The standard InChI is InChI=1S/C15H28F3N5O3S/c1-11(2)13(24)20-6-7-21-14(19-3)22-10-12-4-8-23(9-5-12)27(25,26)15(16,17)18/h11-12H,4-10H2,1-3H3,(H,20,24)(H2,19,21,22). The Kier molecular flexibility index (Phi) is 8.79. The monoisotopic (exact) mass is 415 g/mol. The number of carbonyl (C=O) groups excluding carboxylic acids is 1. The van der Waals surface area contributed by atoms with Gasteiger partial charge < -0.3 is 16.0 Å². The van der Waals surface area contributed by atoms with Crippen LogP contribution in [0, 0.1) is 11.8 Å². The zero-order valence-electron chi connectivity index (χ0n) is 15.8. The maximum absolute atomic E-state index is 12.6. The molecule has 3 N–H and O–H groups in total. The molecule has 0 aromatic rings. The summed E-state index contributed by atoms with van der Waals surface area (Å²) in [7, 11) is -3.66. The van der Waals surface area contributed by atoms with E-state index < -0.39 is 15.5 Å². The summed E-state index contributed by atoms with van der Waals surface area (Å²) in [4.78, 5) is 15.5. The summed E-state index contributed by atoms with van der Waals surface area (Å²) in [5.74, 6) is 0.429. The lowest BCUT2D eigenvalue weighted by molar-refractivity contribution is -0.123. The number of carbonyl (C=O) groups is 1. The normalized spacial score (nSPS) is 17.8. The van der Waals surface area contributed by atoms with Crippen molar-refractivity contribution < 1.29 is 26.4 Å². The van der Waals surface area contributed by atoms with Gasteiger partial charge in [0.25, 0.3) is 0 Å². The number of halogens is 3. The first-order chi connectivity index (χ1) is 12.5. The second-order valence-electron chi connectivity index (χ2n) is 6.62. The van der Waals surface area contributed by atoms with Crippen LogP contribution in [-0.4, -0.2) is 69.9 Å². The molecule has 0 saturated carbocycles. The van der Waals surface area contributed by atoms with Crippen molar-refractivity contribution in [2.24, 2.45) is 16.8 Å². The molecule has 27 heavy (non-hydrogen) atoms. The Labute approximate surface area is 158 Å². The molecule has 1 rings (SSSR count). The number of rotatable bonds is 7. The van der Waals surface area contributed by atoms with Crippen LogP contribution in [0.5, 0.6) is 0 Å². The number of guanidine groups is 1. The molecule has 158 valence electrons. The number of aliphatic imine (C=N–C) groups is 1. The Balaban J connectivity index is 2.33. The first kappa shape index (κ1) is 23.5. The summed E-state index contributed by atoms with van der Waals surface area (Å²) in [5, 5.41) is 8.85. The van der Waals surface area contributed by atoms with Gasteiger partial charge in [0.2, 0.25) is 5.91 Å². The Hall–Kier alpha value is -1.56. The summed E-state index contributed by atoms with van der Waals surface area (Å²) in [6, 6.07) is 0. The molecule has 1 fully saturated rings. The minimum atomic E-state index is -5.25. The van der Waals surface area contributed by atoms with Crippen LogP contribution < -0.4 is 16.0 Å². The van der Waals surface area contributed by atoms with E-state index in [-0.39, 0.29) is 30.8 Å². The number of amides is 1. The van der Waals surface area contributed by atoms with Crippen LogP contribution in [0.2, 0.25) is 0 Å². The molecule has 0 radical (unpaired) electrons. The molecule has 0 aromatic carbocycles. The van der Waals surface area contributed by atoms with Crippen molar-refractivity contribution in [1.82, 2.24) is 20.3 Å². The summed E-state index contributed by atoms with van der Waals surface area (Å²) in [6.07, 6.45) is 0.674. The topological polar surface area (TPSA) is 103 Å². The van der Waals surface area contributed by atoms with Gasteiger partial charge in [0.15, 0.2) is 5.96 Å². The SMILES string of the molecule is CN=C(NCCNC(=O)C(C)C)NCC1CCN(S(=O)(=O)C(F)(F)F)CC1. The third kappa shape index (κ3) is 7.17. The minimum absolute atomic E-state index is 0.0414. The highest BCUT2D eigenvalue weighted by Gasteiger charge is 2.50. The summed E-state index contributed by atoms with van der Waals surface area (Å²) in [5.41, 5.74) is -5.25. The fourth-order valence-electron chi connectivity index (χ4n) is 2.53. The molecule has 1 aliphatic rings. The molecule has 0 bridgehead atoms. The second kappa shape index (κ2) is 10.1. The van der Waals surface area contributed by atoms with E-state index in [4.69, 9.17) is 0 Å². The van der Waals surface area contributed by atoms with Crippen LogP contribution >= 0.6 is 0 Å². The molecule has 0 aliphatic carbocycles. The van der Waals surface area contributed by atoms with Crippen LogP contribution in [0.3, 0.4) is 0 Å². The van der Waals surface area contributed by atoms with Gasteiger partial charge in [-0.25, -0.2) is 8.42 Å². The van der Waals surface area contributed by atoms with Gasteiger partial charge in [-0.3, -0.25) is 9.79 Å². The predicted octanol–water partition coefficient (Wildman–Crippen LogP) is 0.485. The van der Waals surface area contributed by atoms with Crippen LogP contribution in [0.25, 0.3) is 0 Å². The van der Waals surface area contributed by atoms with Gasteiger partial charge >= 0.3 is 15.5 Å². The van der Waals surface area contributed by atoms with Crippen LogP contribution in [0.4, 0.5) is 13.2 Å². The van der Waals surface area contributed by atoms with E-state index in [0.29, 0.717) is 42.7 Å². The van der Waals surface area contributed by atoms with Gasteiger partial charge in [0.1, 0.15) is 0 Å². The van der Waals surface area contributed by atoms with Gasteiger partial charge in [0.05, 0.1) is 0 Å². The fourth-order valence-corrected chi connectivity index (χ4v) is 3.52. The van der Waals surface area contributed by atoms with E-state index in [1.807, 2.05) is 0 Å². The zero-order valence-corrected chi connectivity index (χ0v) is 16.6. The third-order valence-electron chi connectivity index (χ3n) is 4.23. The smallest absolute Gasteiger partial charge is 0.356 e. The highest BCUT2D eigenvalue weighted by atomic mass is 32.2. The number of sulfonamides is 1. The highest BCUT2D eigenvalue weighted by molar-refractivity contribution is 7.90. The molecule has 1 amide bonds. The molecule has 12 heteroatoms.